The lowest BCUT2D eigenvalue weighted by molar-refractivity contribution is -0.127. The van der Waals surface area contributed by atoms with Crippen molar-refractivity contribution in [3.63, 3.8) is 0 Å². The van der Waals surface area contributed by atoms with Gasteiger partial charge in [-0.3, -0.25) is 14.6 Å². The molecule has 6 heteroatoms. The molecule has 0 spiro atoms. The molecule has 2 amide bonds. The average Bonchev–Trinajstić information content (AvgIpc) is 2.83. The van der Waals surface area contributed by atoms with Crippen LogP contribution in [0.1, 0.15) is 23.6 Å². The third kappa shape index (κ3) is 3.42. The summed E-state index contributed by atoms with van der Waals surface area (Å²) in [5.74, 6) is -0.540. The summed E-state index contributed by atoms with van der Waals surface area (Å²) < 4.78 is 13.1. The first-order valence-electron chi connectivity index (χ1n) is 7.74. The molecule has 0 unspecified atom stereocenters. The molecule has 2 aromatic rings. The smallest absolute Gasteiger partial charge is 0.225 e. The highest BCUT2D eigenvalue weighted by atomic mass is 19.1. The predicted octanol–water partition coefficient (Wildman–Crippen LogP) is 1.85. The molecule has 0 bridgehead atoms. The Balaban J connectivity index is 1.74. The van der Waals surface area contributed by atoms with E-state index >= 15 is 0 Å². The van der Waals surface area contributed by atoms with E-state index in [1.165, 1.54) is 12.1 Å². The molecule has 0 saturated carbocycles. The fourth-order valence-corrected chi connectivity index (χ4v) is 3.06. The first-order valence-corrected chi connectivity index (χ1v) is 7.74. The van der Waals surface area contributed by atoms with Crippen molar-refractivity contribution in [1.29, 1.82) is 0 Å². The SMILES string of the molecule is CN1C(=O)C[C@H](NC(=O)Cc2cccnc2)[C@@H]1c1ccc(F)cc1. The van der Waals surface area contributed by atoms with Gasteiger partial charge in [0.25, 0.3) is 0 Å². The summed E-state index contributed by atoms with van der Waals surface area (Å²) in [7, 11) is 1.70. The summed E-state index contributed by atoms with van der Waals surface area (Å²) in [6.07, 6.45) is 3.73. The van der Waals surface area contributed by atoms with Gasteiger partial charge in [-0.25, -0.2) is 4.39 Å². The van der Waals surface area contributed by atoms with E-state index in [1.54, 1.807) is 42.5 Å². The molecule has 0 aliphatic carbocycles. The van der Waals surface area contributed by atoms with E-state index in [0.717, 1.165) is 11.1 Å². The number of carbonyl (C=O) groups excluding carboxylic acids is 2. The van der Waals surface area contributed by atoms with Gasteiger partial charge >= 0.3 is 0 Å². The van der Waals surface area contributed by atoms with Gasteiger partial charge in [0.05, 0.1) is 18.5 Å². The van der Waals surface area contributed by atoms with Crippen LogP contribution in [0.15, 0.2) is 48.8 Å². The first-order chi connectivity index (χ1) is 11.5. The molecule has 124 valence electrons. The van der Waals surface area contributed by atoms with Crippen LogP contribution >= 0.6 is 0 Å². The summed E-state index contributed by atoms with van der Waals surface area (Å²) in [5, 5.41) is 2.93. The maximum Gasteiger partial charge on any atom is 0.225 e. The molecular weight excluding hydrogens is 309 g/mol. The summed E-state index contributed by atoms with van der Waals surface area (Å²) in [6, 6.07) is 8.99. The molecule has 1 aliphatic rings. The van der Waals surface area contributed by atoms with Crippen molar-refractivity contribution >= 4 is 11.8 Å². The summed E-state index contributed by atoms with van der Waals surface area (Å²) in [5.41, 5.74) is 1.61. The van der Waals surface area contributed by atoms with Crippen LogP contribution in [0, 0.1) is 5.82 Å². The maximum absolute atomic E-state index is 13.1. The Morgan fingerprint density at radius 2 is 2.08 bits per heavy atom. The first kappa shape index (κ1) is 16.1. The second kappa shape index (κ2) is 6.78. The Kier molecular flexibility index (Phi) is 4.55. The van der Waals surface area contributed by atoms with Crippen LogP contribution in [0.3, 0.4) is 0 Å². The van der Waals surface area contributed by atoms with Crippen molar-refractivity contribution in [2.45, 2.75) is 24.9 Å². The highest BCUT2D eigenvalue weighted by molar-refractivity contribution is 5.83. The molecule has 1 aromatic heterocycles. The number of nitrogens with zero attached hydrogens (tertiary/aromatic N) is 2. The number of pyridine rings is 1. The molecule has 1 aromatic carbocycles. The predicted molar refractivity (Wildman–Crippen MR) is 86.4 cm³/mol. The van der Waals surface area contributed by atoms with Gasteiger partial charge < -0.3 is 10.2 Å². The van der Waals surface area contributed by atoms with Gasteiger partial charge in [0.2, 0.25) is 11.8 Å². The summed E-state index contributed by atoms with van der Waals surface area (Å²) >= 11 is 0. The minimum absolute atomic E-state index is 0.0454. The Labute approximate surface area is 139 Å². The topological polar surface area (TPSA) is 62.3 Å². The molecule has 24 heavy (non-hydrogen) atoms. The van der Waals surface area contributed by atoms with Gasteiger partial charge in [-0.15, -0.1) is 0 Å². The van der Waals surface area contributed by atoms with Crippen molar-refractivity contribution in [1.82, 2.24) is 15.2 Å². The van der Waals surface area contributed by atoms with Gasteiger partial charge in [-0.1, -0.05) is 18.2 Å². The van der Waals surface area contributed by atoms with E-state index in [-0.39, 0.29) is 42.6 Å². The number of rotatable bonds is 4. The number of aromatic nitrogens is 1. The van der Waals surface area contributed by atoms with E-state index in [1.807, 2.05) is 6.07 Å². The highest BCUT2D eigenvalue weighted by Crippen LogP contribution is 2.32. The standard InChI is InChI=1S/C18H18FN3O2/c1-22-17(24)10-15(18(22)13-4-6-14(19)7-5-13)21-16(23)9-12-3-2-8-20-11-12/h2-8,11,15,18H,9-10H2,1H3,(H,21,23)/t15-,18-/m0/s1. The zero-order chi connectivity index (χ0) is 17.1. The number of likely N-dealkylation sites (N-methyl/N-ethyl adjacent to an activating group) is 1. The molecule has 3 rings (SSSR count). The van der Waals surface area contributed by atoms with Crippen molar-refractivity contribution in [3.05, 3.63) is 65.7 Å². The lowest BCUT2D eigenvalue weighted by Gasteiger charge is -2.26. The third-order valence-electron chi connectivity index (χ3n) is 4.23. The number of halogens is 1. The zero-order valence-corrected chi connectivity index (χ0v) is 13.3. The minimum atomic E-state index is -0.336. The quantitative estimate of drug-likeness (QED) is 0.932. The Morgan fingerprint density at radius 1 is 1.33 bits per heavy atom. The van der Waals surface area contributed by atoms with Crippen molar-refractivity contribution in [2.24, 2.45) is 0 Å². The molecule has 1 N–H and O–H groups in total. The van der Waals surface area contributed by atoms with Gasteiger partial charge in [0.15, 0.2) is 0 Å². The van der Waals surface area contributed by atoms with E-state index in [4.69, 9.17) is 0 Å². The largest absolute Gasteiger partial charge is 0.350 e. The molecule has 1 aliphatic heterocycles. The average molecular weight is 327 g/mol. The van der Waals surface area contributed by atoms with Gasteiger partial charge in [-0.2, -0.15) is 0 Å². The van der Waals surface area contributed by atoms with Crippen LogP contribution in [-0.4, -0.2) is 34.8 Å². The Bertz CT molecular complexity index is 734. The minimum Gasteiger partial charge on any atom is -0.350 e. The van der Waals surface area contributed by atoms with Crippen LogP contribution in [0.4, 0.5) is 4.39 Å². The van der Waals surface area contributed by atoms with Gasteiger partial charge in [0.1, 0.15) is 5.82 Å². The van der Waals surface area contributed by atoms with E-state index in [9.17, 15) is 14.0 Å². The summed E-state index contributed by atoms with van der Waals surface area (Å²) in [4.78, 5) is 29.9. The molecule has 2 atom stereocenters. The number of amides is 2. The Morgan fingerprint density at radius 3 is 2.75 bits per heavy atom. The van der Waals surface area contributed by atoms with Crippen molar-refractivity contribution < 1.29 is 14.0 Å². The highest BCUT2D eigenvalue weighted by Gasteiger charge is 2.39. The monoisotopic (exact) mass is 327 g/mol. The number of hydrogen-bond acceptors (Lipinski definition) is 3. The molecule has 0 radical (unpaired) electrons. The lowest BCUT2D eigenvalue weighted by atomic mass is 10.00. The number of benzene rings is 1. The molecular formula is C18H18FN3O2. The van der Waals surface area contributed by atoms with Crippen LogP contribution in [-0.2, 0) is 16.0 Å². The van der Waals surface area contributed by atoms with Crippen LogP contribution in [0.2, 0.25) is 0 Å². The molecule has 5 nitrogen and oxygen atoms in total. The van der Waals surface area contributed by atoms with Crippen molar-refractivity contribution in [3.8, 4) is 0 Å². The van der Waals surface area contributed by atoms with Gasteiger partial charge in [0, 0.05) is 25.9 Å². The zero-order valence-electron chi connectivity index (χ0n) is 13.3. The lowest BCUT2D eigenvalue weighted by Crippen LogP contribution is -2.39. The van der Waals surface area contributed by atoms with Gasteiger partial charge in [-0.05, 0) is 29.3 Å². The maximum atomic E-state index is 13.1. The summed E-state index contributed by atoms with van der Waals surface area (Å²) in [6.45, 7) is 0. The van der Waals surface area contributed by atoms with E-state index in [2.05, 4.69) is 10.3 Å². The Hall–Kier alpha value is -2.76. The van der Waals surface area contributed by atoms with Crippen molar-refractivity contribution in [2.75, 3.05) is 7.05 Å². The van der Waals surface area contributed by atoms with Crippen LogP contribution in [0.25, 0.3) is 0 Å². The second-order valence-electron chi connectivity index (χ2n) is 5.92. The van der Waals surface area contributed by atoms with E-state index in [0.29, 0.717) is 0 Å². The number of nitrogens with one attached hydrogen (secondary N) is 1. The van der Waals surface area contributed by atoms with Crippen LogP contribution in [0.5, 0.6) is 0 Å². The molecule has 1 fully saturated rings. The fraction of sp³-hybridized carbons (Fsp3) is 0.278. The fourth-order valence-electron chi connectivity index (χ4n) is 3.06. The number of hydrogen-bond donors (Lipinski definition) is 1. The molecule has 2 heterocycles. The number of carbonyl (C=O) groups is 2. The second-order valence-corrected chi connectivity index (χ2v) is 5.92. The third-order valence-corrected chi connectivity index (χ3v) is 4.23. The normalized spacial score (nSPS) is 20.2. The molecule has 1 saturated heterocycles. The number of likely N-dealkylation sites (tertiary alicyclic amines) is 1. The van der Waals surface area contributed by atoms with E-state index < -0.39 is 0 Å². The van der Waals surface area contributed by atoms with Crippen LogP contribution < -0.4 is 5.32 Å².